The van der Waals surface area contributed by atoms with Gasteiger partial charge in [-0.2, -0.15) is 0 Å². The molecule has 17 heavy (non-hydrogen) atoms. The fourth-order valence-electron chi connectivity index (χ4n) is 1.43. The highest BCUT2D eigenvalue weighted by atomic mass is 79.9. The minimum atomic E-state index is -0.564. The summed E-state index contributed by atoms with van der Waals surface area (Å²) in [6, 6.07) is 5.51. The summed E-state index contributed by atoms with van der Waals surface area (Å²) >= 11 is 3.40. The zero-order chi connectivity index (χ0) is 13.1. The molecule has 1 atom stereocenters. The number of hydrogen-bond acceptors (Lipinski definition) is 2. The minimum Gasteiger partial charge on any atom is -0.394 e. The predicted molar refractivity (Wildman–Crippen MR) is 72.1 cm³/mol. The van der Waals surface area contributed by atoms with Gasteiger partial charge in [-0.25, -0.2) is 0 Å². The quantitative estimate of drug-likeness (QED) is 0.898. The first kappa shape index (κ1) is 14.2. The van der Waals surface area contributed by atoms with E-state index < -0.39 is 5.54 Å². The van der Waals surface area contributed by atoms with E-state index in [0.29, 0.717) is 12.0 Å². The van der Waals surface area contributed by atoms with Crippen LogP contribution in [-0.4, -0.2) is 23.2 Å². The summed E-state index contributed by atoms with van der Waals surface area (Å²) in [6.07, 6.45) is 0.683. The number of aliphatic hydroxyl groups is 1. The summed E-state index contributed by atoms with van der Waals surface area (Å²) in [6.45, 7) is 5.59. The van der Waals surface area contributed by atoms with E-state index in [-0.39, 0.29) is 12.5 Å². The first-order chi connectivity index (χ1) is 7.93. The average molecular weight is 300 g/mol. The monoisotopic (exact) mass is 299 g/mol. The van der Waals surface area contributed by atoms with Crippen LogP contribution in [0.3, 0.4) is 0 Å². The van der Waals surface area contributed by atoms with Gasteiger partial charge in [0.1, 0.15) is 0 Å². The molecular formula is C13H18BrNO2. The summed E-state index contributed by atoms with van der Waals surface area (Å²) < 4.78 is 0.910. The Morgan fingerprint density at radius 1 is 1.53 bits per heavy atom. The van der Waals surface area contributed by atoms with Crippen LogP contribution in [-0.2, 0) is 0 Å². The van der Waals surface area contributed by atoms with Crippen molar-refractivity contribution in [1.82, 2.24) is 5.32 Å². The zero-order valence-corrected chi connectivity index (χ0v) is 12.0. The lowest BCUT2D eigenvalue weighted by Gasteiger charge is -2.27. The first-order valence-electron chi connectivity index (χ1n) is 5.62. The minimum absolute atomic E-state index is 0.0672. The average Bonchev–Trinajstić information content (AvgIpc) is 2.32. The lowest BCUT2D eigenvalue weighted by atomic mass is 9.99. The van der Waals surface area contributed by atoms with Gasteiger partial charge in [0.15, 0.2) is 0 Å². The summed E-state index contributed by atoms with van der Waals surface area (Å²) in [5.74, 6) is -0.151. The Kier molecular flexibility index (Phi) is 4.71. The lowest BCUT2D eigenvalue weighted by molar-refractivity contribution is 0.0846. The Hall–Kier alpha value is -0.870. The molecule has 1 aromatic rings. The van der Waals surface area contributed by atoms with Crippen LogP contribution in [0.4, 0.5) is 0 Å². The largest absolute Gasteiger partial charge is 0.394 e. The molecule has 0 saturated heterocycles. The van der Waals surface area contributed by atoms with Crippen LogP contribution in [0.25, 0.3) is 0 Å². The molecule has 3 nitrogen and oxygen atoms in total. The van der Waals surface area contributed by atoms with Crippen molar-refractivity contribution in [3.63, 3.8) is 0 Å². The summed E-state index contributed by atoms with van der Waals surface area (Å²) in [7, 11) is 0. The molecule has 0 fully saturated rings. The van der Waals surface area contributed by atoms with Crippen LogP contribution in [0, 0.1) is 6.92 Å². The molecule has 0 aliphatic heterocycles. The summed E-state index contributed by atoms with van der Waals surface area (Å²) in [5.41, 5.74) is 0.972. The number of carbonyl (C=O) groups excluding carboxylic acids is 1. The first-order valence-corrected chi connectivity index (χ1v) is 6.41. The molecule has 1 unspecified atom stereocenters. The topological polar surface area (TPSA) is 49.3 Å². The Morgan fingerprint density at radius 3 is 2.71 bits per heavy atom. The van der Waals surface area contributed by atoms with Crippen molar-refractivity contribution >= 4 is 21.8 Å². The van der Waals surface area contributed by atoms with E-state index in [2.05, 4.69) is 21.2 Å². The van der Waals surface area contributed by atoms with Gasteiger partial charge < -0.3 is 10.4 Å². The van der Waals surface area contributed by atoms with Crippen molar-refractivity contribution in [2.24, 2.45) is 0 Å². The molecule has 1 amide bonds. The van der Waals surface area contributed by atoms with E-state index in [4.69, 9.17) is 0 Å². The molecule has 0 spiro atoms. The highest BCUT2D eigenvalue weighted by molar-refractivity contribution is 9.10. The van der Waals surface area contributed by atoms with Crippen molar-refractivity contribution in [2.75, 3.05) is 6.61 Å². The molecule has 1 aromatic carbocycles. The van der Waals surface area contributed by atoms with E-state index >= 15 is 0 Å². The fraction of sp³-hybridized carbons (Fsp3) is 0.462. The van der Waals surface area contributed by atoms with E-state index in [1.807, 2.05) is 32.9 Å². The normalized spacial score (nSPS) is 14.2. The van der Waals surface area contributed by atoms with Gasteiger partial charge in [0.25, 0.3) is 5.91 Å². The Balaban J connectivity index is 2.94. The van der Waals surface area contributed by atoms with Crippen LogP contribution >= 0.6 is 15.9 Å². The van der Waals surface area contributed by atoms with Crippen molar-refractivity contribution in [3.05, 3.63) is 33.8 Å². The van der Waals surface area contributed by atoms with Gasteiger partial charge in [0, 0.05) is 10.0 Å². The number of halogens is 1. The van der Waals surface area contributed by atoms with E-state index in [9.17, 15) is 9.90 Å². The molecular weight excluding hydrogens is 282 g/mol. The molecule has 0 aliphatic rings. The van der Waals surface area contributed by atoms with E-state index in [1.54, 1.807) is 6.07 Å². The maximum Gasteiger partial charge on any atom is 0.252 e. The van der Waals surface area contributed by atoms with Crippen LogP contribution in [0.2, 0.25) is 0 Å². The number of rotatable bonds is 4. The molecule has 1 rings (SSSR count). The maximum absolute atomic E-state index is 12.1. The second-order valence-corrected chi connectivity index (χ2v) is 5.29. The molecule has 0 bridgehead atoms. The molecule has 0 aliphatic carbocycles. The number of nitrogens with one attached hydrogen (secondary N) is 1. The molecule has 94 valence electrons. The second kappa shape index (κ2) is 5.65. The number of benzene rings is 1. The number of hydrogen-bond donors (Lipinski definition) is 2. The third-order valence-electron chi connectivity index (χ3n) is 3.06. The van der Waals surface area contributed by atoms with Crippen LogP contribution in [0.1, 0.15) is 36.2 Å². The highest BCUT2D eigenvalue weighted by Crippen LogP contribution is 2.20. The summed E-state index contributed by atoms with van der Waals surface area (Å²) in [5, 5.41) is 12.1. The molecule has 0 saturated carbocycles. The predicted octanol–water partition coefficient (Wildman–Crippen LogP) is 2.65. The summed E-state index contributed by atoms with van der Waals surface area (Å²) in [4.78, 5) is 12.1. The third-order valence-corrected chi connectivity index (χ3v) is 3.92. The molecule has 0 radical (unpaired) electrons. The van der Waals surface area contributed by atoms with Crippen molar-refractivity contribution in [3.8, 4) is 0 Å². The van der Waals surface area contributed by atoms with Crippen LogP contribution in [0.5, 0.6) is 0 Å². The Labute approximate surface area is 110 Å². The smallest absolute Gasteiger partial charge is 0.252 e. The van der Waals surface area contributed by atoms with Gasteiger partial charge >= 0.3 is 0 Å². The maximum atomic E-state index is 12.1. The molecule has 0 aromatic heterocycles. The lowest BCUT2D eigenvalue weighted by Crippen LogP contribution is -2.48. The van der Waals surface area contributed by atoms with Crippen LogP contribution < -0.4 is 5.32 Å². The van der Waals surface area contributed by atoms with Crippen molar-refractivity contribution in [2.45, 2.75) is 32.7 Å². The molecule has 4 heteroatoms. The Bertz CT molecular complexity index is 414. The number of carbonyl (C=O) groups is 1. The fourth-order valence-corrected chi connectivity index (χ4v) is 1.80. The van der Waals surface area contributed by atoms with Gasteiger partial charge in [-0.1, -0.05) is 28.9 Å². The van der Waals surface area contributed by atoms with E-state index in [0.717, 1.165) is 10.0 Å². The molecule has 2 N–H and O–H groups in total. The van der Waals surface area contributed by atoms with Gasteiger partial charge in [-0.05, 0) is 38.0 Å². The van der Waals surface area contributed by atoms with E-state index in [1.165, 1.54) is 0 Å². The van der Waals surface area contributed by atoms with Gasteiger partial charge in [0.2, 0.25) is 0 Å². The van der Waals surface area contributed by atoms with Gasteiger partial charge in [-0.3, -0.25) is 4.79 Å². The SMILES string of the molecule is CCC(C)(CO)NC(=O)c1cccc(Br)c1C. The van der Waals surface area contributed by atoms with Gasteiger partial charge in [0.05, 0.1) is 12.1 Å². The highest BCUT2D eigenvalue weighted by Gasteiger charge is 2.24. The zero-order valence-electron chi connectivity index (χ0n) is 10.4. The standard InChI is InChI=1S/C13H18BrNO2/c1-4-13(3,8-16)15-12(17)10-6-5-7-11(14)9(10)2/h5-7,16H,4,8H2,1-3H3,(H,15,17). The van der Waals surface area contributed by atoms with Crippen molar-refractivity contribution < 1.29 is 9.90 Å². The van der Waals surface area contributed by atoms with Crippen molar-refractivity contribution in [1.29, 1.82) is 0 Å². The Morgan fingerprint density at radius 2 is 2.18 bits per heavy atom. The number of aliphatic hydroxyl groups excluding tert-OH is 1. The third kappa shape index (κ3) is 3.30. The number of amides is 1. The second-order valence-electron chi connectivity index (χ2n) is 4.44. The van der Waals surface area contributed by atoms with Crippen LogP contribution in [0.15, 0.2) is 22.7 Å². The van der Waals surface area contributed by atoms with Gasteiger partial charge in [-0.15, -0.1) is 0 Å². The molecule has 0 heterocycles.